The van der Waals surface area contributed by atoms with Crippen LogP contribution in [0.25, 0.3) is 0 Å². The first kappa shape index (κ1) is 14.9. The highest BCUT2D eigenvalue weighted by atomic mass is 16.5. The first-order valence-electron chi connectivity index (χ1n) is 5.21. The molecular weight excluding hydrogens is 212 g/mol. The van der Waals surface area contributed by atoms with Gasteiger partial charge in [0.2, 0.25) is 5.91 Å². The van der Waals surface area contributed by atoms with Crippen molar-refractivity contribution in [3.8, 4) is 0 Å². The van der Waals surface area contributed by atoms with E-state index >= 15 is 0 Å². The number of carbonyl (C=O) groups is 2. The summed E-state index contributed by atoms with van der Waals surface area (Å²) < 4.78 is 4.80. The second kappa shape index (κ2) is 8.06. The predicted molar refractivity (Wildman–Crippen MR) is 58.9 cm³/mol. The zero-order chi connectivity index (χ0) is 12.6. The van der Waals surface area contributed by atoms with E-state index in [1.165, 1.54) is 0 Å². The first-order valence-corrected chi connectivity index (χ1v) is 5.21. The number of carbonyl (C=O) groups excluding carboxylic acids is 1. The summed E-state index contributed by atoms with van der Waals surface area (Å²) in [4.78, 5) is 21.8. The zero-order valence-corrected chi connectivity index (χ0v) is 9.73. The van der Waals surface area contributed by atoms with Gasteiger partial charge in [-0.2, -0.15) is 0 Å². The Hall–Kier alpha value is -1.14. The Labute approximate surface area is 95.1 Å². The summed E-state index contributed by atoms with van der Waals surface area (Å²) in [5, 5.41) is 11.1. The SMILES string of the molecule is COCCC(N)C(=O)NCC(C)CC(=O)O. The number of aliphatic carboxylic acids is 1. The number of carboxylic acid groups (broad SMARTS) is 1. The summed E-state index contributed by atoms with van der Waals surface area (Å²) in [6, 6.07) is -0.600. The van der Waals surface area contributed by atoms with E-state index in [0.29, 0.717) is 19.6 Å². The van der Waals surface area contributed by atoms with Gasteiger partial charge in [-0.05, 0) is 12.3 Å². The predicted octanol–water partition coefficient (Wildman–Crippen LogP) is -0.423. The third-order valence-corrected chi connectivity index (χ3v) is 2.12. The highest BCUT2D eigenvalue weighted by Gasteiger charge is 2.14. The molecule has 0 saturated carbocycles. The van der Waals surface area contributed by atoms with Gasteiger partial charge in [0, 0.05) is 26.7 Å². The van der Waals surface area contributed by atoms with Crippen LogP contribution in [0.15, 0.2) is 0 Å². The lowest BCUT2D eigenvalue weighted by atomic mass is 10.1. The molecule has 6 nitrogen and oxygen atoms in total. The van der Waals surface area contributed by atoms with Crippen molar-refractivity contribution in [2.75, 3.05) is 20.3 Å². The summed E-state index contributed by atoms with van der Waals surface area (Å²) in [5.41, 5.74) is 5.58. The summed E-state index contributed by atoms with van der Waals surface area (Å²) in [5.74, 6) is -1.24. The number of nitrogens with two attached hydrogens (primary N) is 1. The average molecular weight is 232 g/mol. The van der Waals surface area contributed by atoms with Gasteiger partial charge in [0.25, 0.3) is 0 Å². The smallest absolute Gasteiger partial charge is 0.303 e. The van der Waals surface area contributed by atoms with Crippen LogP contribution in [0.4, 0.5) is 0 Å². The molecule has 0 fully saturated rings. The maximum absolute atomic E-state index is 11.4. The molecule has 0 aromatic heterocycles. The molecule has 0 bridgehead atoms. The molecule has 94 valence electrons. The van der Waals surface area contributed by atoms with E-state index in [1.807, 2.05) is 0 Å². The van der Waals surface area contributed by atoms with E-state index in [1.54, 1.807) is 14.0 Å². The summed E-state index contributed by atoms with van der Waals surface area (Å²) in [6.07, 6.45) is 0.489. The Morgan fingerprint density at radius 1 is 1.50 bits per heavy atom. The molecule has 2 atom stereocenters. The molecule has 0 aliphatic heterocycles. The lowest BCUT2D eigenvalue weighted by Crippen LogP contribution is -2.42. The fraction of sp³-hybridized carbons (Fsp3) is 0.800. The topological polar surface area (TPSA) is 102 Å². The number of hydrogen-bond acceptors (Lipinski definition) is 4. The number of hydrogen-bond donors (Lipinski definition) is 3. The van der Waals surface area contributed by atoms with Crippen molar-refractivity contribution in [3.05, 3.63) is 0 Å². The van der Waals surface area contributed by atoms with Crippen molar-refractivity contribution in [2.45, 2.75) is 25.8 Å². The van der Waals surface area contributed by atoms with Crippen molar-refractivity contribution in [1.82, 2.24) is 5.32 Å². The van der Waals surface area contributed by atoms with Gasteiger partial charge < -0.3 is 20.9 Å². The normalized spacial score (nSPS) is 14.2. The lowest BCUT2D eigenvalue weighted by Gasteiger charge is -2.14. The minimum Gasteiger partial charge on any atom is -0.481 e. The second-order valence-electron chi connectivity index (χ2n) is 3.84. The summed E-state index contributed by atoms with van der Waals surface area (Å²) in [6.45, 7) is 2.51. The van der Waals surface area contributed by atoms with Crippen LogP contribution in [0.2, 0.25) is 0 Å². The maximum Gasteiger partial charge on any atom is 0.303 e. The molecule has 1 amide bonds. The largest absolute Gasteiger partial charge is 0.481 e. The van der Waals surface area contributed by atoms with Gasteiger partial charge in [0.05, 0.1) is 6.04 Å². The molecular formula is C10H20N2O4. The quantitative estimate of drug-likeness (QED) is 0.527. The number of amides is 1. The van der Waals surface area contributed by atoms with Gasteiger partial charge in [-0.15, -0.1) is 0 Å². The first-order chi connectivity index (χ1) is 7.47. The molecule has 6 heteroatoms. The number of methoxy groups -OCH3 is 1. The molecule has 0 aromatic rings. The van der Waals surface area contributed by atoms with Crippen molar-refractivity contribution >= 4 is 11.9 Å². The third kappa shape index (κ3) is 7.19. The van der Waals surface area contributed by atoms with Gasteiger partial charge in [0.15, 0.2) is 0 Å². The van der Waals surface area contributed by atoms with E-state index in [4.69, 9.17) is 15.6 Å². The van der Waals surface area contributed by atoms with Crippen molar-refractivity contribution in [3.63, 3.8) is 0 Å². The molecule has 0 heterocycles. The van der Waals surface area contributed by atoms with Gasteiger partial charge in [-0.3, -0.25) is 9.59 Å². The molecule has 0 saturated heterocycles. The summed E-state index contributed by atoms with van der Waals surface area (Å²) >= 11 is 0. The van der Waals surface area contributed by atoms with Crippen LogP contribution in [0, 0.1) is 5.92 Å². The van der Waals surface area contributed by atoms with Gasteiger partial charge in [-0.25, -0.2) is 0 Å². The van der Waals surface area contributed by atoms with Crippen LogP contribution < -0.4 is 11.1 Å². The minimum atomic E-state index is -0.870. The van der Waals surface area contributed by atoms with E-state index in [2.05, 4.69) is 5.32 Å². The Bertz CT molecular complexity index is 233. The summed E-state index contributed by atoms with van der Waals surface area (Å²) in [7, 11) is 1.54. The van der Waals surface area contributed by atoms with Crippen LogP contribution in [0.3, 0.4) is 0 Å². The van der Waals surface area contributed by atoms with Crippen LogP contribution in [0.1, 0.15) is 19.8 Å². The van der Waals surface area contributed by atoms with E-state index in [-0.39, 0.29) is 18.2 Å². The highest BCUT2D eigenvalue weighted by Crippen LogP contribution is 1.99. The molecule has 4 N–H and O–H groups in total. The molecule has 0 radical (unpaired) electrons. The average Bonchev–Trinajstić information content (AvgIpc) is 2.21. The monoisotopic (exact) mass is 232 g/mol. The number of ether oxygens (including phenoxy) is 1. The molecule has 0 spiro atoms. The van der Waals surface area contributed by atoms with E-state index in [9.17, 15) is 9.59 Å². The Morgan fingerprint density at radius 2 is 2.12 bits per heavy atom. The molecule has 0 aromatic carbocycles. The van der Waals surface area contributed by atoms with Crippen molar-refractivity contribution < 1.29 is 19.4 Å². The molecule has 2 unspecified atom stereocenters. The fourth-order valence-corrected chi connectivity index (χ4v) is 1.15. The van der Waals surface area contributed by atoms with Crippen molar-refractivity contribution in [2.24, 2.45) is 11.7 Å². The van der Waals surface area contributed by atoms with Gasteiger partial charge >= 0.3 is 5.97 Å². The Morgan fingerprint density at radius 3 is 2.62 bits per heavy atom. The molecule has 0 aliphatic carbocycles. The number of nitrogens with one attached hydrogen (secondary N) is 1. The second-order valence-corrected chi connectivity index (χ2v) is 3.84. The standard InChI is InChI=1S/C10H20N2O4/c1-7(5-9(13)14)6-12-10(15)8(11)3-4-16-2/h7-8H,3-6,11H2,1-2H3,(H,12,15)(H,13,14). The third-order valence-electron chi connectivity index (χ3n) is 2.12. The van der Waals surface area contributed by atoms with Crippen LogP contribution >= 0.6 is 0 Å². The molecule has 0 rings (SSSR count). The fourth-order valence-electron chi connectivity index (χ4n) is 1.15. The van der Waals surface area contributed by atoms with Crippen LogP contribution in [-0.2, 0) is 14.3 Å². The minimum absolute atomic E-state index is 0.0353. The van der Waals surface area contributed by atoms with E-state index in [0.717, 1.165) is 0 Å². The van der Waals surface area contributed by atoms with Crippen LogP contribution in [-0.4, -0.2) is 43.3 Å². The lowest BCUT2D eigenvalue weighted by molar-refractivity contribution is -0.138. The van der Waals surface area contributed by atoms with Crippen LogP contribution in [0.5, 0.6) is 0 Å². The highest BCUT2D eigenvalue weighted by molar-refractivity contribution is 5.81. The maximum atomic E-state index is 11.4. The van der Waals surface area contributed by atoms with Crippen molar-refractivity contribution in [1.29, 1.82) is 0 Å². The molecule has 0 aliphatic rings. The Kier molecular flexibility index (Phi) is 7.49. The Balaban J connectivity index is 3.74. The number of rotatable bonds is 8. The van der Waals surface area contributed by atoms with Gasteiger partial charge in [-0.1, -0.05) is 6.92 Å². The zero-order valence-electron chi connectivity index (χ0n) is 9.73. The molecule has 16 heavy (non-hydrogen) atoms. The number of carboxylic acids is 1. The van der Waals surface area contributed by atoms with E-state index < -0.39 is 12.0 Å². The van der Waals surface area contributed by atoms with Gasteiger partial charge in [0.1, 0.15) is 0 Å².